The number of hydrogen-bond acceptors (Lipinski definition) is 4. The lowest BCUT2D eigenvalue weighted by Crippen LogP contribution is -2.47. The fourth-order valence-corrected chi connectivity index (χ4v) is 6.47. The minimum atomic E-state index is -3.47. The fraction of sp³-hybridized carbons (Fsp3) is 0.917. The van der Waals surface area contributed by atoms with Crippen LogP contribution in [-0.4, -0.2) is 46.7 Å². The molecule has 2 unspecified atom stereocenters. The largest absolute Gasteiger partial charge is 0.480 e. The van der Waals surface area contributed by atoms with Crippen molar-refractivity contribution in [2.45, 2.75) is 44.5 Å². The summed E-state index contributed by atoms with van der Waals surface area (Å²) in [5, 5.41) is 9.07. The summed E-state index contributed by atoms with van der Waals surface area (Å²) < 4.78 is 26.2. The van der Waals surface area contributed by atoms with Gasteiger partial charge in [0.1, 0.15) is 6.04 Å². The van der Waals surface area contributed by atoms with Gasteiger partial charge < -0.3 is 5.11 Å². The molecule has 0 aromatic heterocycles. The van der Waals surface area contributed by atoms with Crippen LogP contribution in [0.4, 0.5) is 0 Å². The van der Waals surface area contributed by atoms with Crippen LogP contribution in [0.15, 0.2) is 0 Å². The summed E-state index contributed by atoms with van der Waals surface area (Å²) in [7, 11) is -3.47. The average Bonchev–Trinajstić information content (AvgIpc) is 3.04. The molecule has 110 valence electrons. The summed E-state index contributed by atoms with van der Waals surface area (Å²) in [5.74, 6) is 0.0509. The molecule has 1 saturated heterocycles. The van der Waals surface area contributed by atoms with Crippen LogP contribution >= 0.6 is 11.8 Å². The highest BCUT2D eigenvalue weighted by molar-refractivity contribution is 8.01. The minimum Gasteiger partial charge on any atom is -0.480 e. The van der Waals surface area contributed by atoms with Crippen LogP contribution in [0.5, 0.6) is 0 Å². The van der Waals surface area contributed by atoms with E-state index in [0.29, 0.717) is 24.0 Å². The first kappa shape index (κ1) is 15.1. The molecule has 1 heterocycles. The molecule has 2 fully saturated rings. The monoisotopic (exact) mass is 307 g/mol. The lowest BCUT2D eigenvalue weighted by molar-refractivity contribution is -0.140. The zero-order valence-corrected chi connectivity index (χ0v) is 12.9. The van der Waals surface area contributed by atoms with E-state index in [0.717, 1.165) is 12.8 Å². The van der Waals surface area contributed by atoms with E-state index >= 15 is 0 Å². The molecule has 0 aromatic carbocycles. The zero-order valence-electron chi connectivity index (χ0n) is 11.3. The molecule has 0 radical (unpaired) electrons. The van der Waals surface area contributed by atoms with E-state index < -0.39 is 22.0 Å². The minimum absolute atomic E-state index is 0.0538. The Morgan fingerprint density at radius 1 is 1.42 bits per heavy atom. The molecule has 0 bridgehead atoms. The average molecular weight is 307 g/mol. The number of nitrogens with zero attached hydrogens (tertiary/aromatic N) is 1. The van der Waals surface area contributed by atoms with Crippen LogP contribution in [-0.2, 0) is 14.8 Å². The van der Waals surface area contributed by atoms with E-state index in [4.69, 9.17) is 0 Å². The van der Waals surface area contributed by atoms with Crippen molar-refractivity contribution in [1.82, 2.24) is 4.31 Å². The first-order valence-corrected chi connectivity index (χ1v) is 9.34. The summed E-state index contributed by atoms with van der Waals surface area (Å²) in [5.41, 5.74) is 0. The highest BCUT2D eigenvalue weighted by Crippen LogP contribution is 2.46. The molecule has 0 aromatic rings. The molecule has 0 amide bonds. The van der Waals surface area contributed by atoms with Crippen molar-refractivity contribution in [3.63, 3.8) is 0 Å². The third kappa shape index (κ3) is 3.44. The van der Waals surface area contributed by atoms with Crippen LogP contribution in [0, 0.1) is 11.8 Å². The third-order valence-corrected chi connectivity index (χ3v) is 7.04. The molecule has 5 nitrogen and oxygen atoms in total. The van der Waals surface area contributed by atoms with Crippen LogP contribution in [0.2, 0.25) is 0 Å². The molecule has 2 aliphatic rings. The van der Waals surface area contributed by atoms with Crippen LogP contribution < -0.4 is 0 Å². The molecule has 0 spiro atoms. The molecule has 1 aliphatic heterocycles. The maximum atomic E-state index is 12.4. The predicted octanol–water partition coefficient (Wildman–Crippen LogP) is 1.60. The van der Waals surface area contributed by atoms with Crippen molar-refractivity contribution < 1.29 is 18.3 Å². The molecule has 2 rings (SSSR count). The highest BCUT2D eigenvalue weighted by atomic mass is 32.2. The van der Waals surface area contributed by atoms with E-state index in [1.807, 2.05) is 13.8 Å². The Balaban J connectivity index is 2.17. The number of thioether (sulfide) groups is 1. The maximum Gasteiger partial charge on any atom is 0.322 e. The summed E-state index contributed by atoms with van der Waals surface area (Å²) in [6, 6.07) is -0.882. The SMILES string of the molecule is CC(C)CCS(=O)(=O)N1C(C(=O)O)CSC1C1CC1. The number of carboxylic acids is 1. The molecule has 2 atom stereocenters. The second kappa shape index (κ2) is 5.61. The third-order valence-electron chi connectivity index (χ3n) is 3.57. The van der Waals surface area contributed by atoms with Gasteiger partial charge in [0.15, 0.2) is 0 Å². The van der Waals surface area contributed by atoms with Crippen molar-refractivity contribution in [2.75, 3.05) is 11.5 Å². The number of hydrogen-bond donors (Lipinski definition) is 1. The summed E-state index contributed by atoms with van der Waals surface area (Å²) in [4.78, 5) is 11.3. The van der Waals surface area contributed by atoms with E-state index in [1.54, 1.807) is 0 Å². The Bertz CT molecular complexity index is 445. The van der Waals surface area contributed by atoms with Gasteiger partial charge in [-0.25, -0.2) is 8.42 Å². The van der Waals surface area contributed by atoms with Crippen LogP contribution in [0.3, 0.4) is 0 Å². The molecular weight excluding hydrogens is 286 g/mol. The van der Waals surface area contributed by atoms with E-state index in [2.05, 4.69) is 0 Å². The fourth-order valence-electron chi connectivity index (χ4n) is 2.26. The molecule has 1 N–H and O–H groups in total. The van der Waals surface area contributed by atoms with Crippen molar-refractivity contribution >= 4 is 27.8 Å². The number of aliphatic carboxylic acids is 1. The predicted molar refractivity (Wildman–Crippen MR) is 75.5 cm³/mol. The Morgan fingerprint density at radius 3 is 2.53 bits per heavy atom. The van der Waals surface area contributed by atoms with Crippen LogP contribution in [0.25, 0.3) is 0 Å². The van der Waals surface area contributed by atoms with Gasteiger partial charge >= 0.3 is 5.97 Å². The Morgan fingerprint density at radius 2 is 2.05 bits per heavy atom. The summed E-state index contributed by atoms with van der Waals surface area (Å²) >= 11 is 1.48. The van der Waals surface area contributed by atoms with Gasteiger partial charge in [0.25, 0.3) is 0 Å². The molecule has 7 heteroatoms. The topological polar surface area (TPSA) is 74.7 Å². The van der Waals surface area contributed by atoms with Gasteiger partial charge in [-0.1, -0.05) is 13.8 Å². The Labute approximate surface area is 118 Å². The Hall–Kier alpha value is -0.270. The quantitative estimate of drug-likeness (QED) is 0.807. The van der Waals surface area contributed by atoms with Gasteiger partial charge in [0.05, 0.1) is 11.1 Å². The lowest BCUT2D eigenvalue weighted by atomic mass is 10.2. The number of carboxylic acid groups (broad SMARTS) is 1. The van der Waals surface area contributed by atoms with Gasteiger partial charge in [-0.05, 0) is 31.1 Å². The second-order valence-corrected chi connectivity index (χ2v) is 8.89. The zero-order chi connectivity index (χ0) is 14.2. The molecule has 19 heavy (non-hydrogen) atoms. The standard InChI is InChI=1S/C12H21NO4S2/c1-8(2)5-6-19(16,17)13-10(12(14)15)7-18-11(13)9-3-4-9/h8-11H,3-7H2,1-2H3,(H,14,15). The van der Waals surface area contributed by atoms with Crippen LogP contribution in [0.1, 0.15) is 33.1 Å². The van der Waals surface area contributed by atoms with Crippen molar-refractivity contribution in [2.24, 2.45) is 11.8 Å². The van der Waals surface area contributed by atoms with Gasteiger partial charge in [-0.3, -0.25) is 4.79 Å². The first-order valence-electron chi connectivity index (χ1n) is 6.68. The van der Waals surface area contributed by atoms with Crippen molar-refractivity contribution in [3.05, 3.63) is 0 Å². The van der Waals surface area contributed by atoms with Gasteiger partial charge in [-0.2, -0.15) is 4.31 Å². The smallest absolute Gasteiger partial charge is 0.322 e. The van der Waals surface area contributed by atoms with Gasteiger partial charge in [0.2, 0.25) is 10.0 Å². The molecule has 1 saturated carbocycles. The Kier molecular flexibility index (Phi) is 4.47. The van der Waals surface area contributed by atoms with Crippen molar-refractivity contribution in [3.8, 4) is 0 Å². The first-order chi connectivity index (χ1) is 8.83. The number of rotatable bonds is 6. The maximum absolute atomic E-state index is 12.4. The molecule has 1 aliphatic carbocycles. The van der Waals surface area contributed by atoms with E-state index in [-0.39, 0.29) is 11.1 Å². The molecular formula is C12H21NO4S2. The van der Waals surface area contributed by atoms with Crippen molar-refractivity contribution in [1.29, 1.82) is 0 Å². The summed E-state index contributed by atoms with van der Waals surface area (Å²) in [6.45, 7) is 3.95. The highest BCUT2D eigenvalue weighted by Gasteiger charge is 2.50. The number of sulfonamides is 1. The number of carbonyl (C=O) groups is 1. The van der Waals surface area contributed by atoms with E-state index in [9.17, 15) is 18.3 Å². The van der Waals surface area contributed by atoms with E-state index in [1.165, 1.54) is 16.1 Å². The second-order valence-electron chi connectivity index (χ2n) is 5.74. The lowest BCUT2D eigenvalue weighted by Gasteiger charge is -2.26. The van der Waals surface area contributed by atoms with Gasteiger partial charge in [0, 0.05) is 5.75 Å². The summed E-state index contributed by atoms with van der Waals surface area (Å²) in [6.07, 6.45) is 2.60. The normalized spacial score (nSPS) is 29.0. The van der Waals surface area contributed by atoms with Gasteiger partial charge in [-0.15, -0.1) is 11.8 Å².